The number of nitrogens with zero attached hydrogens (tertiary/aromatic N) is 1. The van der Waals surface area contributed by atoms with Crippen LogP contribution in [0.15, 0.2) is 48.5 Å². The Morgan fingerprint density at radius 3 is 2.61 bits per heavy atom. The molecule has 1 aliphatic heterocycles. The van der Waals surface area contributed by atoms with Crippen molar-refractivity contribution >= 4 is 33.5 Å². The molecular formula is C22H21N3O5S. The molecule has 0 spiro atoms. The molecule has 1 aromatic heterocycles. The van der Waals surface area contributed by atoms with Crippen molar-refractivity contribution in [2.45, 2.75) is 20.0 Å². The van der Waals surface area contributed by atoms with Gasteiger partial charge in [-0.1, -0.05) is 53.3 Å². The van der Waals surface area contributed by atoms with Crippen LogP contribution >= 0.6 is 11.3 Å². The highest BCUT2D eigenvalue weighted by atomic mass is 32.1. The number of nitrogens with one attached hydrogen (secondary N) is 2. The van der Waals surface area contributed by atoms with E-state index in [1.807, 2.05) is 43.3 Å². The first-order valence-electron chi connectivity index (χ1n) is 9.74. The van der Waals surface area contributed by atoms with Crippen LogP contribution in [-0.2, 0) is 9.53 Å². The highest BCUT2D eigenvalue weighted by Crippen LogP contribution is 2.37. The van der Waals surface area contributed by atoms with E-state index in [9.17, 15) is 9.59 Å². The van der Waals surface area contributed by atoms with Crippen molar-refractivity contribution in [2.75, 3.05) is 23.8 Å². The summed E-state index contributed by atoms with van der Waals surface area (Å²) < 4.78 is 16.3. The average molecular weight is 439 g/mol. The lowest BCUT2D eigenvalue weighted by atomic mass is 10.1. The molecule has 31 heavy (non-hydrogen) atoms. The molecule has 8 nitrogen and oxygen atoms in total. The van der Waals surface area contributed by atoms with Gasteiger partial charge in [0.25, 0.3) is 5.91 Å². The van der Waals surface area contributed by atoms with Crippen molar-refractivity contribution in [1.82, 2.24) is 4.98 Å². The first-order valence-corrected chi connectivity index (χ1v) is 10.6. The van der Waals surface area contributed by atoms with Crippen molar-refractivity contribution in [3.8, 4) is 22.8 Å². The van der Waals surface area contributed by atoms with Gasteiger partial charge in [-0.15, -0.1) is 0 Å². The number of anilines is 2. The Morgan fingerprint density at radius 1 is 1.13 bits per heavy atom. The largest absolute Gasteiger partial charge is 0.485 e. The summed E-state index contributed by atoms with van der Waals surface area (Å²) in [7, 11) is 0. The summed E-state index contributed by atoms with van der Waals surface area (Å²) in [6, 6.07) is 14.9. The Hall–Kier alpha value is -3.59. The van der Waals surface area contributed by atoms with Gasteiger partial charge < -0.3 is 14.2 Å². The first-order chi connectivity index (χ1) is 15.0. The number of rotatable bonds is 5. The third kappa shape index (κ3) is 4.77. The molecule has 0 saturated heterocycles. The van der Waals surface area contributed by atoms with Crippen molar-refractivity contribution < 1.29 is 23.8 Å². The number of thiazole rings is 1. The number of ether oxygens (including phenoxy) is 3. The monoisotopic (exact) mass is 439 g/mol. The van der Waals surface area contributed by atoms with E-state index in [2.05, 4.69) is 15.6 Å². The molecule has 0 unspecified atom stereocenters. The van der Waals surface area contributed by atoms with Gasteiger partial charge in [0, 0.05) is 5.56 Å². The molecule has 2 amide bonds. The van der Waals surface area contributed by atoms with Crippen molar-refractivity contribution in [1.29, 1.82) is 0 Å². The summed E-state index contributed by atoms with van der Waals surface area (Å²) in [5, 5.41) is 6.26. The summed E-state index contributed by atoms with van der Waals surface area (Å²) in [5.74, 6) is 0.725. The van der Waals surface area contributed by atoms with Gasteiger partial charge in [-0.25, -0.2) is 9.78 Å². The fraction of sp³-hybridized carbons (Fsp3) is 0.227. The average Bonchev–Trinajstić information content (AvgIpc) is 3.15. The minimum Gasteiger partial charge on any atom is -0.485 e. The third-order valence-corrected chi connectivity index (χ3v) is 5.36. The van der Waals surface area contributed by atoms with Gasteiger partial charge in [-0.05, 0) is 26.0 Å². The molecule has 160 valence electrons. The maximum absolute atomic E-state index is 12.7. The molecule has 1 atom stereocenters. The fourth-order valence-electron chi connectivity index (χ4n) is 2.96. The maximum Gasteiger partial charge on any atom is 0.412 e. The Kier molecular flexibility index (Phi) is 6.03. The van der Waals surface area contributed by atoms with E-state index in [1.54, 1.807) is 19.1 Å². The maximum atomic E-state index is 12.7. The number of benzene rings is 2. The van der Waals surface area contributed by atoms with Crippen LogP contribution in [0, 0.1) is 6.92 Å². The Balaban J connectivity index is 1.54. The lowest BCUT2D eigenvalue weighted by Gasteiger charge is -2.25. The number of amides is 2. The normalized spacial score (nSPS) is 14.6. The number of hydrogen-bond acceptors (Lipinski definition) is 7. The van der Waals surface area contributed by atoms with E-state index in [-0.39, 0.29) is 19.1 Å². The van der Waals surface area contributed by atoms with E-state index in [4.69, 9.17) is 14.2 Å². The molecule has 0 fully saturated rings. The summed E-state index contributed by atoms with van der Waals surface area (Å²) in [6.07, 6.45) is -1.40. The molecule has 3 aromatic rings. The molecule has 2 heterocycles. The quantitative estimate of drug-likeness (QED) is 0.609. The molecule has 1 aliphatic rings. The Morgan fingerprint density at radius 2 is 1.87 bits per heavy atom. The third-order valence-electron chi connectivity index (χ3n) is 4.47. The number of aromatic nitrogens is 1. The van der Waals surface area contributed by atoms with E-state index in [1.165, 1.54) is 0 Å². The van der Waals surface area contributed by atoms with Crippen LogP contribution < -0.4 is 20.1 Å². The number of carbonyl (C=O) groups is 2. The minimum absolute atomic E-state index is 0.0903. The van der Waals surface area contributed by atoms with E-state index < -0.39 is 12.2 Å². The Labute approximate surface area is 183 Å². The zero-order valence-electron chi connectivity index (χ0n) is 17.0. The van der Waals surface area contributed by atoms with Crippen molar-refractivity contribution in [3.63, 3.8) is 0 Å². The topological polar surface area (TPSA) is 98.8 Å². The summed E-state index contributed by atoms with van der Waals surface area (Å²) in [5.41, 5.74) is 2.45. The molecule has 0 radical (unpaired) electrons. The molecule has 2 aromatic carbocycles. The van der Waals surface area contributed by atoms with Gasteiger partial charge in [0.2, 0.25) is 6.10 Å². The van der Waals surface area contributed by atoms with Crippen molar-refractivity contribution in [3.05, 3.63) is 54.1 Å². The fourth-order valence-corrected chi connectivity index (χ4v) is 3.84. The first kappa shape index (κ1) is 20.7. The minimum atomic E-state index is -0.817. The van der Waals surface area contributed by atoms with Gasteiger partial charge in [0.1, 0.15) is 17.3 Å². The van der Waals surface area contributed by atoms with Crippen LogP contribution in [0.5, 0.6) is 11.5 Å². The molecule has 0 saturated carbocycles. The lowest BCUT2D eigenvalue weighted by Crippen LogP contribution is -2.40. The van der Waals surface area contributed by atoms with Crippen LogP contribution in [0.25, 0.3) is 11.3 Å². The predicted octanol–water partition coefficient (Wildman–Crippen LogP) is 4.47. The molecule has 0 bridgehead atoms. The Bertz CT molecular complexity index is 1100. The highest BCUT2D eigenvalue weighted by molar-refractivity contribution is 7.20. The molecular weight excluding hydrogens is 418 g/mol. The summed E-state index contributed by atoms with van der Waals surface area (Å²) >= 11 is 1.14. The van der Waals surface area contributed by atoms with Crippen LogP contribution in [0.3, 0.4) is 0 Å². The number of fused-ring (bicyclic) bond motifs is 1. The second-order valence-electron chi connectivity index (χ2n) is 6.76. The van der Waals surface area contributed by atoms with Crippen LogP contribution in [-0.4, -0.2) is 36.3 Å². The van der Waals surface area contributed by atoms with Gasteiger partial charge in [-0.2, -0.15) is 0 Å². The van der Waals surface area contributed by atoms with E-state index in [0.717, 1.165) is 22.5 Å². The zero-order valence-corrected chi connectivity index (χ0v) is 17.8. The standard InChI is InChI=1S/C22H21N3O5S/c1-3-28-22(27)25-20-18(14-10-8-13(2)9-11-14)23-21(31-20)24-19(26)17-12-29-15-6-4-5-7-16(15)30-17/h4-11,17H,3,12H2,1-2H3,(H,25,27)(H,23,24,26)/t17-/m0/s1. The molecule has 2 N–H and O–H groups in total. The van der Waals surface area contributed by atoms with E-state index >= 15 is 0 Å². The second kappa shape index (κ2) is 9.05. The van der Waals surface area contributed by atoms with Crippen LogP contribution in [0.1, 0.15) is 12.5 Å². The van der Waals surface area contributed by atoms with Gasteiger partial charge >= 0.3 is 6.09 Å². The molecule has 0 aliphatic carbocycles. The van der Waals surface area contributed by atoms with Gasteiger partial charge in [0.15, 0.2) is 16.6 Å². The molecule has 4 rings (SSSR count). The lowest BCUT2D eigenvalue weighted by molar-refractivity contribution is -0.125. The number of para-hydroxylation sites is 2. The van der Waals surface area contributed by atoms with Crippen LogP contribution in [0.2, 0.25) is 0 Å². The number of hydrogen-bond donors (Lipinski definition) is 2. The van der Waals surface area contributed by atoms with E-state index in [0.29, 0.717) is 27.3 Å². The SMILES string of the molecule is CCOC(=O)Nc1sc(NC(=O)[C@@H]2COc3ccccc3O2)nc1-c1ccc(C)cc1. The smallest absolute Gasteiger partial charge is 0.412 e. The summed E-state index contributed by atoms with van der Waals surface area (Å²) in [4.78, 5) is 29.2. The second-order valence-corrected chi connectivity index (χ2v) is 7.76. The van der Waals surface area contributed by atoms with Gasteiger partial charge in [0.05, 0.1) is 6.61 Å². The highest BCUT2D eigenvalue weighted by Gasteiger charge is 2.28. The molecule has 9 heteroatoms. The van der Waals surface area contributed by atoms with Crippen LogP contribution in [0.4, 0.5) is 14.9 Å². The van der Waals surface area contributed by atoms with Gasteiger partial charge in [-0.3, -0.25) is 15.4 Å². The predicted molar refractivity (Wildman–Crippen MR) is 118 cm³/mol. The van der Waals surface area contributed by atoms with Crippen molar-refractivity contribution in [2.24, 2.45) is 0 Å². The zero-order chi connectivity index (χ0) is 21.8. The summed E-state index contributed by atoms with van der Waals surface area (Å²) in [6.45, 7) is 4.05. The number of aryl methyl sites for hydroxylation is 1. The number of carbonyl (C=O) groups excluding carboxylic acids is 2.